The summed E-state index contributed by atoms with van der Waals surface area (Å²) in [6.45, 7) is 0. The molecule has 15 heavy (non-hydrogen) atoms. The maximum Gasteiger partial charge on any atom is 0.0314 e. The number of hydrogen-bond acceptors (Lipinski definition) is 3. The second-order valence-corrected chi connectivity index (χ2v) is 6.33. The van der Waals surface area contributed by atoms with Gasteiger partial charge < -0.3 is 5.73 Å². The summed E-state index contributed by atoms with van der Waals surface area (Å²) < 4.78 is 1.19. The van der Waals surface area contributed by atoms with Crippen molar-refractivity contribution < 1.29 is 0 Å². The van der Waals surface area contributed by atoms with Gasteiger partial charge in [0.1, 0.15) is 0 Å². The fraction of sp³-hybridized carbons (Fsp3) is 0.273. The lowest BCUT2D eigenvalue weighted by Gasteiger charge is -2.09. The zero-order valence-electron chi connectivity index (χ0n) is 8.15. The van der Waals surface area contributed by atoms with E-state index in [4.69, 9.17) is 5.73 Å². The van der Waals surface area contributed by atoms with Gasteiger partial charge in [0, 0.05) is 20.3 Å². The Labute approximate surface area is 106 Å². The first-order valence-corrected chi connectivity index (χ1v) is 7.31. The van der Waals surface area contributed by atoms with Gasteiger partial charge in [-0.3, -0.25) is 0 Å². The van der Waals surface area contributed by atoms with Crippen molar-refractivity contribution in [2.45, 2.75) is 18.9 Å². The van der Waals surface area contributed by atoms with E-state index in [9.17, 15) is 0 Å². The SMILES string of the molecule is NC(Cc1cccs1)Cc1sccc1Br. The molecule has 0 amide bonds. The Morgan fingerprint density at radius 2 is 2.07 bits per heavy atom. The van der Waals surface area contributed by atoms with Gasteiger partial charge in [-0.1, -0.05) is 6.07 Å². The first kappa shape index (κ1) is 11.3. The molecule has 0 aliphatic carbocycles. The molecule has 4 heteroatoms. The highest BCUT2D eigenvalue weighted by Gasteiger charge is 2.09. The van der Waals surface area contributed by atoms with Crippen molar-refractivity contribution in [2.24, 2.45) is 5.73 Å². The van der Waals surface area contributed by atoms with Gasteiger partial charge in [-0.15, -0.1) is 22.7 Å². The smallest absolute Gasteiger partial charge is 0.0314 e. The van der Waals surface area contributed by atoms with Crippen LogP contribution in [0, 0.1) is 0 Å². The monoisotopic (exact) mass is 301 g/mol. The van der Waals surface area contributed by atoms with E-state index < -0.39 is 0 Å². The molecule has 1 atom stereocenters. The molecule has 2 rings (SSSR count). The van der Waals surface area contributed by atoms with Crippen molar-refractivity contribution in [1.29, 1.82) is 0 Å². The molecular formula is C11H12BrNS2. The summed E-state index contributed by atoms with van der Waals surface area (Å²) >= 11 is 7.08. The quantitative estimate of drug-likeness (QED) is 0.916. The van der Waals surface area contributed by atoms with Crippen molar-refractivity contribution in [1.82, 2.24) is 0 Å². The Kier molecular flexibility index (Phi) is 3.97. The van der Waals surface area contributed by atoms with Gasteiger partial charge in [0.2, 0.25) is 0 Å². The third-order valence-corrected chi connectivity index (χ3v) is 5.03. The number of nitrogens with two attached hydrogens (primary N) is 1. The summed E-state index contributed by atoms with van der Waals surface area (Å²) in [5, 5.41) is 4.19. The van der Waals surface area contributed by atoms with Crippen LogP contribution >= 0.6 is 38.6 Å². The van der Waals surface area contributed by atoms with Gasteiger partial charge in [-0.25, -0.2) is 0 Å². The largest absolute Gasteiger partial charge is 0.327 e. The van der Waals surface area contributed by atoms with Crippen LogP contribution in [-0.2, 0) is 12.8 Å². The van der Waals surface area contributed by atoms with Crippen molar-refractivity contribution in [3.05, 3.63) is 43.2 Å². The van der Waals surface area contributed by atoms with Gasteiger partial charge in [0.15, 0.2) is 0 Å². The van der Waals surface area contributed by atoms with E-state index in [0.29, 0.717) is 0 Å². The third-order valence-electron chi connectivity index (χ3n) is 2.18. The predicted octanol–water partition coefficient (Wildman–Crippen LogP) is 3.68. The normalized spacial score (nSPS) is 12.9. The van der Waals surface area contributed by atoms with Gasteiger partial charge >= 0.3 is 0 Å². The Morgan fingerprint density at radius 1 is 1.20 bits per heavy atom. The number of rotatable bonds is 4. The van der Waals surface area contributed by atoms with E-state index >= 15 is 0 Å². The van der Waals surface area contributed by atoms with Gasteiger partial charge in [0.25, 0.3) is 0 Å². The molecule has 0 aromatic carbocycles. The van der Waals surface area contributed by atoms with Gasteiger partial charge in [-0.05, 0) is 51.7 Å². The van der Waals surface area contributed by atoms with Gasteiger partial charge in [-0.2, -0.15) is 0 Å². The van der Waals surface area contributed by atoms with E-state index in [-0.39, 0.29) is 6.04 Å². The van der Waals surface area contributed by atoms with Crippen molar-refractivity contribution >= 4 is 38.6 Å². The summed E-state index contributed by atoms with van der Waals surface area (Å²) in [4.78, 5) is 2.72. The molecule has 0 aliphatic heterocycles. The fourth-order valence-corrected chi connectivity index (χ4v) is 3.88. The third kappa shape index (κ3) is 3.14. The van der Waals surface area contributed by atoms with E-state index in [2.05, 4.69) is 44.9 Å². The highest BCUT2D eigenvalue weighted by Crippen LogP contribution is 2.24. The van der Waals surface area contributed by atoms with Crippen LogP contribution in [0.4, 0.5) is 0 Å². The summed E-state index contributed by atoms with van der Waals surface area (Å²) in [5.74, 6) is 0. The first-order valence-electron chi connectivity index (χ1n) is 4.75. The summed E-state index contributed by atoms with van der Waals surface area (Å²) in [6, 6.07) is 6.53. The lowest BCUT2D eigenvalue weighted by molar-refractivity contribution is 0.676. The fourth-order valence-electron chi connectivity index (χ4n) is 1.47. The minimum Gasteiger partial charge on any atom is -0.327 e. The molecule has 0 bridgehead atoms. The molecule has 1 unspecified atom stereocenters. The van der Waals surface area contributed by atoms with E-state index in [1.807, 2.05) is 0 Å². The molecule has 0 saturated heterocycles. The molecule has 0 aliphatic rings. The van der Waals surface area contributed by atoms with Crippen LogP contribution in [0.1, 0.15) is 9.75 Å². The van der Waals surface area contributed by atoms with Crippen LogP contribution < -0.4 is 5.73 Å². The van der Waals surface area contributed by atoms with E-state index in [0.717, 1.165) is 12.8 Å². The topological polar surface area (TPSA) is 26.0 Å². The molecule has 1 nitrogen and oxygen atoms in total. The van der Waals surface area contributed by atoms with E-state index in [1.165, 1.54) is 14.2 Å². The van der Waals surface area contributed by atoms with Crippen molar-refractivity contribution in [3.8, 4) is 0 Å². The zero-order valence-corrected chi connectivity index (χ0v) is 11.4. The number of hydrogen-bond donors (Lipinski definition) is 1. The average molecular weight is 302 g/mol. The molecule has 0 fully saturated rings. The second-order valence-electron chi connectivity index (χ2n) is 3.44. The molecule has 0 spiro atoms. The summed E-state index contributed by atoms with van der Waals surface area (Å²) in [7, 11) is 0. The minimum absolute atomic E-state index is 0.221. The zero-order chi connectivity index (χ0) is 10.7. The average Bonchev–Trinajstić information content (AvgIpc) is 2.79. The molecule has 2 aromatic heterocycles. The lowest BCUT2D eigenvalue weighted by atomic mass is 10.1. The Balaban J connectivity index is 1.93. The molecule has 80 valence electrons. The molecule has 0 radical (unpaired) electrons. The Bertz CT molecular complexity index is 408. The second kappa shape index (κ2) is 5.25. The predicted molar refractivity (Wildman–Crippen MR) is 71.7 cm³/mol. The Hall–Kier alpha value is -0.160. The molecule has 2 N–H and O–H groups in total. The molecule has 0 saturated carbocycles. The molecular weight excluding hydrogens is 290 g/mol. The number of thiophene rings is 2. The molecule has 2 heterocycles. The molecule has 2 aromatic rings. The van der Waals surface area contributed by atoms with Crippen LogP contribution in [0.5, 0.6) is 0 Å². The van der Waals surface area contributed by atoms with Crippen LogP contribution in [0.15, 0.2) is 33.4 Å². The van der Waals surface area contributed by atoms with Crippen molar-refractivity contribution in [2.75, 3.05) is 0 Å². The minimum atomic E-state index is 0.221. The van der Waals surface area contributed by atoms with Crippen molar-refractivity contribution in [3.63, 3.8) is 0 Å². The van der Waals surface area contributed by atoms with Crippen LogP contribution in [0.2, 0.25) is 0 Å². The highest BCUT2D eigenvalue weighted by atomic mass is 79.9. The summed E-state index contributed by atoms with van der Waals surface area (Å²) in [6.07, 6.45) is 1.93. The highest BCUT2D eigenvalue weighted by molar-refractivity contribution is 9.10. The standard InChI is InChI=1S/C11H12BrNS2/c12-10-3-5-15-11(10)7-8(13)6-9-2-1-4-14-9/h1-5,8H,6-7,13H2. The Morgan fingerprint density at radius 3 is 2.67 bits per heavy atom. The van der Waals surface area contributed by atoms with Gasteiger partial charge in [0.05, 0.1) is 0 Å². The summed E-state index contributed by atoms with van der Waals surface area (Å²) in [5.41, 5.74) is 6.12. The maximum absolute atomic E-state index is 6.12. The lowest BCUT2D eigenvalue weighted by Crippen LogP contribution is -2.24. The first-order chi connectivity index (χ1) is 7.25. The van der Waals surface area contributed by atoms with Crippen LogP contribution in [0.3, 0.4) is 0 Å². The van der Waals surface area contributed by atoms with Crippen LogP contribution in [-0.4, -0.2) is 6.04 Å². The maximum atomic E-state index is 6.12. The van der Waals surface area contributed by atoms with Crippen LogP contribution in [0.25, 0.3) is 0 Å². The number of halogens is 1. The van der Waals surface area contributed by atoms with E-state index in [1.54, 1.807) is 22.7 Å².